The van der Waals surface area contributed by atoms with Crippen molar-refractivity contribution in [2.45, 2.75) is 33.3 Å². The third-order valence-electron chi connectivity index (χ3n) is 3.88. The minimum atomic E-state index is -0.565. The first-order valence-corrected chi connectivity index (χ1v) is 9.25. The SMILES string of the molecule is CC[C@H](Oc1ccc(Cl)c(C)c1)C(=O)NCCOc1ccc(C)c(Cl)c1. The number of benzene rings is 2. The van der Waals surface area contributed by atoms with Crippen LogP contribution in [0.2, 0.25) is 10.0 Å². The topological polar surface area (TPSA) is 47.6 Å². The fourth-order valence-electron chi connectivity index (χ4n) is 2.30. The van der Waals surface area contributed by atoms with E-state index in [0.29, 0.717) is 41.1 Å². The van der Waals surface area contributed by atoms with Gasteiger partial charge in [-0.3, -0.25) is 4.79 Å². The predicted octanol–water partition coefficient (Wildman–Crippen LogP) is 4.96. The summed E-state index contributed by atoms with van der Waals surface area (Å²) in [7, 11) is 0. The highest BCUT2D eigenvalue weighted by molar-refractivity contribution is 6.31. The van der Waals surface area contributed by atoms with Crippen molar-refractivity contribution in [3.05, 3.63) is 57.6 Å². The Hall–Kier alpha value is -1.91. The van der Waals surface area contributed by atoms with Gasteiger partial charge in [-0.25, -0.2) is 0 Å². The molecule has 0 bridgehead atoms. The number of ether oxygens (including phenoxy) is 2. The molecule has 2 rings (SSSR count). The molecule has 0 saturated heterocycles. The third kappa shape index (κ3) is 5.82. The van der Waals surface area contributed by atoms with Crippen molar-refractivity contribution in [1.29, 1.82) is 0 Å². The van der Waals surface area contributed by atoms with Crippen molar-refractivity contribution in [3.63, 3.8) is 0 Å². The van der Waals surface area contributed by atoms with Crippen LogP contribution in [0.25, 0.3) is 0 Å². The number of hydrogen-bond acceptors (Lipinski definition) is 3. The second kappa shape index (κ2) is 9.70. The Morgan fingerprint density at radius 3 is 2.42 bits per heavy atom. The van der Waals surface area contributed by atoms with Crippen molar-refractivity contribution in [3.8, 4) is 11.5 Å². The lowest BCUT2D eigenvalue weighted by molar-refractivity contribution is -0.128. The highest BCUT2D eigenvalue weighted by atomic mass is 35.5. The number of rotatable bonds is 8. The summed E-state index contributed by atoms with van der Waals surface area (Å²) >= 11 is 12.1. The van der Waals surface area contributed by atoms with E-state index in [0.717, 1.165) is 11.1 Å². The molecule has 4 nitrogen and oxygen atoms in total. The largest absolute Gasteiger partial charge is 0.492 e. The second-order valence-corrected chi connectivity index (χ2v) is 6.79. The maximum absolute atomic E-state index is 12.3. The van der Waals surface area contributed by atoms with E-state index in [1.165, 1.54) is 0 Å². The Morgan fingerprint density at radius 2 is 1.77 bits per heavy atom. The summed E-state index contributed by atoms with van der Waals surface area (Å²) in [6.07, 6.45) is -0.00790. The summed E-state index contributed by atoms with van der Waals surface area (Å²) in [6.45, 7) is 6.45. The van der Waals surface area contributed by atoms with Gasteiger partial charge in [0, 0.05) is 10.0 Å². The van der Waals surface area contributed by atoms with E-state index in [4.69, 9.17) is 32.7 Å². The van der Waals surface area contributed by atoms with Gasteiger partial charge in [-0.2, -0.15) is 0 Å². The molecule has 0 radical (unpaired) electrons. The molecule has 0 aliphatic rings. The Balaban J connectivity index is 1.81. The summed E-state index contributed by atoms with van der Waals surface area (Å²) in [5.74, 6) is 1.12. The van der Waals surface area contributed by atoms with Crippen molar-refractivity contribution in [1.82, 2.24) is 5.32 Å². The van der Waals surface area contributed by atoms with Crippen LogP contribution < -0.4 is 14.8 Å². The smallest absolute Gasteiger partial charge is 0.261 e. The second-order valence-electron chi connectivity index (χ2n) is 5.98. The van der Waals surface area contributed by atoms with Crippen LogP contribution in [0.1, 0.15) is 24.5 Å². The highest BCUT2D eigenvalue weighted by Gasteiger charge is 2.18. The highest BCUT2D eigenvalue weighted by Crippen LogP contribution is 2.23. The Morgan fingerprint density at radius 1 is 1.04 bits per heavy atom. The lowest BCUT2D eigenvalue weighted by Crippen LogP contribution is -2.39. The normalized spacial score (nSPS) is 11.7. The number of amides is 1. The quantitative estimate of drug-likeness (QED) is 0.642. The van der Waals surface area contributed by atoms with Gasteiger partial charge < -0.3 is 14.8 Å². The maximum Gasteiger partial charge on any atom is 0.261 e. The standard InChI is InChI=1S/C20H23Cl2NO3/c1-4-19(26-16-7-8-17(21)14(3)11-16)20(24)23-9-10-25-15-6-5-13(2)18(22)12-15/h5-8,11-12,19H,4,9-10H2,1-3H3,(H,23,24)/t19-/m0/s1. The molecule has 0 saturated carbocycles. The molecule has 0 fully saturated rings. The lowest BCUT2D eigenvalue weighted by atomic mass is 10.2. The molecule has 0 aliphatic heterocycles. The van der Waals surface area contributed by atoms with Gasteiger partial charge in [-0.05, 0) is 61.7 Å². The van der Waals surface area contributed by atoms with Crippen molar-refractivity contribution in [2.75, 3.05) is 13.2 Å². The van der Waals surface area contributed by atoms with Gasteiger partial charge in [-0.1, -0.05) is 36.2 Å². The van der Waals surface area contributed by atoms with Crippen LogP contribution in [0.4, 0.5) is 0 Å². The fourth-order valence-corrected chi connectivity index (χ4v) is 2.59. The van der Waals surface area contributed by atoms with Gasteiger partial charge in [0.1, 0.15) is 18.1 Å². The Bertz CT molecular complexity index is 765. The lowest BCUT2D eigenvalue weighted by Gasteiger charge is -2.18. The van der Waals surface area contributed by atoms with Crippen LogP contribution in [-0.2, 0) is 4.79 Å². The summed E-state index contributed by atoms with van der Waals surface area (Å²) in [4.78, 5) is 12.3. The van der Waals surface area contributed by atoms with Crippen molar-refractivity contribution >= 4 is 29.1 Å². The minimum absolute atomic E-state index is 0.175. The molecule has 2 aromatic carbocycles. The minimum Gasteiger partial charge on any atom is -0.492 e. The molecule has 0 unspecified atom stereocenters. The van der Waals surface area contributed by atoms with Gasteiger partial charge in [0.15, 0.2) is 6.10 Å². The van der Waals surface area contributed by atoms with Gasteiger partial charge in [0.05, 0.1) is 6.54 Å². The molecule has 1 N–H and O–H groups in total. The first kappa shape index (κ1) is 20.4. The zero-order valence-electron chi connectivity index (χ0n) is 15.1. The van der Waals surface area contributed by atoms with Gasteiger partial charge in [-0.15, -0.1) is 0 Å². The van der Waals surface area contributed by atoms with Crippen LogP contribution in [0, 0.1) is 13.8 Å². The molecule has 0 spiro atoms. The zero-order valence-corrected chi connectivity index (χ0v) is 16.7. The first-order valence-electron chi connectivity index (χ1n) is 8.50. The van der Waals surface area contributed by atoms with E-state index in [1.807, 2.05) is 39.0 Å². The van der Waals surface area contributed by atoms with E-state index in [-0.39, 0.29) is 5.91 Å². The number of carbonyl (C=O) groups is 1. The summed E-state index contributed by atoms with van der Waals surface area (Å²) < 4.78 is 11.4. The van der Waals surface area contributed by atoms with Crippen molar-refractivity contribution in [2.24, 2.45) is 0 Å². The van der Waals surface area contributed by atoms with Gasteiger partial charge >= 0.3 is 0 Å². The van der Waals surface area contributed by atoms with Gasteiger partial charge in [0.25, 0.3) is 5.91 Å². The molecule has 2 aromatic rings. The molecule has 6 heteroatoms. The number of carbonyl (C=O) groups excluding carboxylic acids is 1. The van der Waals surface area contributed by atoms with E-state index < -0.39 is 6.10 Å². The van der Waals surface area contributed by atoms with Crippen LogP contribution in [-0.4, -0.2) is 25.2 Å². The average molecular weight is 396 g/mol. The van der Waals surface area contributed by atoms with E-state index in [2.05, 4.69) is 5.32 Å². The monoisotopic (exact) mass is 395 g/mol. The van der Waals surface area contributed by atoms with E-state index in [1.54, 1.807) is 18.2 Å². The molecule has 0 aromatic heterocycles. The number of halogens is 2. The fraction of sp³-hybridized carbons (Fsp3) is 0.350. The number of aryl methyl sites for hydroxylation is 2. The van der Waals surface area contributed by atoms with E-state index in [9.17, 15) is 4.79 Å². The molecule has 1 atom stereocenters. The average Bonchev–Trinajstić information content (AvgIpc) is 2.62. The maximum atomic E-state index is 12.3. The molecule has 0 aliphatic carbocycles. The molecular weight excluding hydrogens is 373 g/mol. The summed E-state index contributed by atoms with van der Waals surface area (Å²) in [6, 6.07) is 10.9. The van der Waals surface area contributed by atoms with Crippen LogP contribution in [0.5, 0.6) is 11.5 Å². The summed E-state index contributed by atoms with van der Waals surface area (Å²) in [5, 5.41) is 4.15. The molecule has 0 heterocycles. The zero-order chi connectivity index (χ0) is 19.1. The first-order chi connectivity index (χ1) is 12.4. The Kier molecular flexibility index (Phi) is 7.61. The predicted molar refractivity (Wildman–Crippen MR) is 106 cm³/mol. The van der Waals surface area contributed by atoms with Crippen LogP contribution in [0.15, 0.2) is 36.4 Å². The summed E-state index contributed by atoms with van der Waals surface area (Å²) in [5.41, 5.74) is 1.90. The third-order valence-corrected chi connectivity index (χ3v) is 4.72. The number of nitrogens with one attached hydrogen (secondary N) is 1. The molecular formula is C20H23Cl2NO3. The molecule has 1 amide bonds. The number of hydrogen-bond donors (Lipinski definition) is 1. The Labute approximate surface area is 164 Å². The molecule has 140 valence electrons. The van der Waals surface area contributed by atoms with Crippen molar-refractivity contribution < 1.29 is 14.3 Å². The van der Waals surface area contributed by atoms with E-state index >= 15 is 0 Å². The van der Waals surface area contributed by atoms with Crippen LogP contribution in [0.3, 0.4) is 0 Å². The molecule has 26 heavy (non-hydrogen) atoms. The van der Waals surface area contributed by atoms with Gasteiger partial charge in [0.2, 0.25) is 0 Å². The van der Waals surface area contributed by atoms with Crippen LogP contribution >= 0.6 is 23.2 Å².